The summed E-state index contributed by atoms with van der Waals surface area (Å²) in [6.45, 7) is -0.264. The van der Waals surface area contributed by atoms with Gasteiger partial charge >= 0.3 is 11.9 Å². The van der Waals surface area contributed by atoms with Crippen molar-refractivity contribution in [1.82, 2.24) is 4.90 Å². The lowest BCUT2D eigenvalue weighted by atomic mass is 9.87. The van der Waals surface area contributed by atoms with Gasteiger partial charge < -0.3 is 20.1 Å². The second-order valence-electron chi connectivity index (χ2n) is 4.75. The number of ether oxygens (including phenoxy) is 1. The van der Waals surface area contributed by atoms with Crippen LogP contribution in [0.1, 0.15) is 5.56 Å². The van der Waals surface area contributed by atoms with Crippen LogP contribution in [0.15, 0.2) is 18.2 Å². The Bertz CT molecular complexity index is 574. The molecule has 1 saturated heterocycles. The van der Waals surface area contributed by atoms with Crippen molar-refractivity contribution in [1.29, 1.82) is 0 Å². The number of carbonyl (C=O) groups is 2. The van der Waals surface area contributed by atoms with Crippen LogP contribution >= 0.6 is 23.2 Å². The Hall–Kier alpha value is -1.38. The van der Waals surface area contributed by atoms with Crippen LogP contribution in [0.5, 0.6) is 0 Å². The molecule has 9 heteroatoms. The average Bonchev–Trinajstić information content (AvgIpc) is 2.37. The first-order valence-corrected chi connectivity index (χ1v) is 7.02. The maximum atomic E-state index is 11.9. The monoisotopic (exact) mass is 349 g/mol. The lowest BCUT2D eigenvalue weighted by molar-refractivity contribution is -0.191. The quantitative estimate of drug-likeness (QED) is 0.696. The molecule has 7 nitrogen and oxygen atoms in total. The Morgan fingerprint density at radius 3 is 2.18 bits per heavy atom. The lowest BCUT2D eigenvalue weighted by Crippen LogP contribution is -2.62. The molecule has 1 fully saturated rings. The van der Waals surface area contributed by atoms with Gasteiger partial charge in [-0.15, -0.1) is 0 Å². The lowest BCUT2D eigenvalue weighted by Gasteiger charge is -2.41. The van der Waals surface area contributed by atoms with E-state index in [9.17, 15) is 24.9 Å². The van der Waals surface area contributed by atoms with Crippen LogP contribution in [0.2, 0.25) is 10.0 Å². The van der Waals surface area contributed by atoms with Crippen molar-refractivity contribution in [3.63, 3.8) is 0 Å². The number of nitrogens with zero attached hydrogens (tertiary/aromatic N) is 1. The number of β-amino-alcohol motifs (C(OH)–C–C–N with tert-alkyl or cyclic N) is 1. The van der Waals surface area contributed by atoms with Gasteiger partial charge in [-0.2, -0.15) is 0 Å². The first-order chi connectivity index (χ1) is 10.3. The normalized spacial score (nSPS) is 19.9. The summed E-state index contributed by atoms with van der Waals surface area (Å²) in [6.07, 6.45) is -1.28. The molecule has 0 bridgehead atoms. The number of carboxylic acids is 2. The fourth-order valence-corrected chi connectivity index (χ4v) is 3.02. The molecule has 0 saturated carbocycles. The Labute approximate surface area is 135 Å². The molecular weight excluding hydrogens is 337 g/mol. The molecule has 1 atom stereocenters. The largest absolute Gasteiger partial charge is 0.479 e. The average molecular weight is 350 g/mol. The number of aliphatic carboxylic acids is 2. The third-order valence-electron chi connectivity index (χ3n) is 3.42. The zero-order valence-electron chi connectivity index (χ0n) is 11.2. The summed E-state index contributed by atoms with van der Waals surface area (Å²) in [5.74, 6) is -3.21. The molecule has 0 spiro atoms. The van der Waals surface area contributed by atoms with Crippen molar-refractivity contribution < 1.29 is 29.6 Å². The van der Waals surface area contributed by atoms with E-state index in [1.54, 1.807) is 0 Å². The highest BCUT2D eigenvalue weighted by Gasteiger charge is 2.54. The van der Waals surface area contributed by atoms with Gasteiger partial charge in [0.25, 0.3) is 0 Å². The first-order valence-electron chi connectivity index (χ1n) is 6.26. The zero-order valence-corrected chi connectivity index (χ0v) is 12.7. The molecule has 120 valence electrons. The van der Waals surface area contributed by atoms with Crippen molar-refractivity contribution in [2.75, 3.05) is 19.7 Å². The number of carboxylic acid groups (broad SMARTS) is 2. The Balaban J connectivity index is 2.63. The Kier molecular flexibility index (Phi) is 4.93. The van der Waals surface area contributed by atoms with Gasteiger partial charge in [-0.3, -0.25) is 4.90 Å². The fraction of sp³-hybridized carbons (Fsp3) is 0.385. The Morgan fingerprint density at radius 2 is 1.73 bits per heavy atom. The van der Waals surface area contributed by atoms with Crippen molar-refractivity contribution >= 4 is 35.1 Å². The van der Waals surface area contributed by atoms with E-state index in [1.807, 2.05) is 0 Å². The van der Waals surface area contributed by atoms with E-state index in [0.29, 0.717) is 0 Å². The van der Waals surface area contributed by atoms with Gasteiger partial charge in [0, 0.05) is 16.6 Å². The maximum absolute atomic E-state index is 11.9. The molecule has 1 unspecified atom stereocenters. The highest BCUT2D eigenvalue weighted by atomic mass is 35.5. The predicted octanol–water partition coefficient (Wildman–Crippen LogP) is 1.01. The summed E-state index contributed by atoms with van der Waals surface area (Å²) in [5, 5.41) is 29.1. The number of benzene rings is 1. The van der Waals surface area contributed by atoms with Crippen LogP contribution < -0.4 is 0 Å². The van der Waals surface area contributed by atoms with Gasteiger partial charge in [0.2, 0.25) is 5.54 Å². The second kappa shape index (κ2) is 6.39. The molecule has 0 radical (unpaired) electrons. The molecule has 1 aromatic rings. The van der Waals surface area contributed by atoms with Gasteiger partial charge in [-0.1, -0.05) is 23.2 Å². The molecule has 1 heterocycles. The van der Waals surface area contributed by atoms with E-state index in [1.165, 1.54) is 18.2 Å². The number of hydrogen-bond donors (Lipinski definition) is 3. The van der Waals surface area contributed by atoms with Crippen LogP contribution in [0.25, 0.3) is 0 Å². The third-order valence-corrected chi connectivity index (χ3v) is 3.86. The van der Waals surface area contributed by atoms with Crippen molar-refractivity contribution in [2.24, 2.45) is 0 Å². The van der Waals surface area contributed by atoms with Gasteiger partial charge in [-0.25, -0.2) is 9.59 Å². The minimum Gasteiger partial charge on any atom is -0.479 e. The molecule has 1 aliphatic rings. The number of aliphatic hydroxyl groups excluding tert-OH is 1. The van der Waals surface area contributed by atoms with Crippen molar-refractivity contribution in [3.8, 4) is 0 Å². The number of aliphatic hydroxyl groups is 1. The fourth-order valence-electron chi connectivity index (χ4n) is 2.49. The molecule has 3 N–H and O–H groups in total. The first kappa shape index (κ1) is 17.0. The molecule has 0 aliphatic carbocycles. The van der Waals surface area contributed by atoms with Crippen LogP contribution in [-0.2, 0) is 19.9 Å². The molecule has 2 rings (SSSR count). The molecule has 1 aliphatic heterocycles. The molecule has 0 aromatic heterocycles. The van der Waals surface area contributed by atoms with Crippen LogP contribution in [0.4, 0.5) is 0 Å². The van der Waals surface area contributed by atoms with E-state index in [2.05, 4.69) is 0 Å². The maximum Gasteiger partial charge on any atom is 0.340 e. The molecular formula is C13H13Cl2NO6. The summed E-state index contributed by atoms with van der Waals surface area (Å²) >= 11 is 11.7. The van der Waals surface area contributed by atoms with Crippen LogP contribution in [0.3, 0.4) is 0 Å². The SMILES string of the molecule is O=C(O)C(C(=O)O)(c1cc(Cl)cc(Cl)c1)N1CCOC(O)C1. The van der Waals surface area contributed by atoms with Crippen LogP contribution in [0, 0.1) is 0 Å². The zero-order chi connectivity index (χ0) is 16.5. The summed E-state index contributed by atoms with van der Waals surface area (Å²) in [7, 11) is 0. The van der Waals surface area contributed by atoms with E-state index in [0.717, 1.165) is 4.90 Å². The van der Waals surface area contributed by atoms with Gasteiger partial charge in [0.15, 0.2) is 6.29 Å². The summed E-state index contributed by atoms with van der Waals surface area (Å²) in [4.78, 5) is 24.8. The summed E-state index contributed by atoms with van der Waals surface area (Å²) in [6, 6.07) is 3.84. The van der Waals surface area contributed by atoms with Crippen molar-refractivity contribution in [3.05, 3.63) is 33.8 Å². The highest BCUT2D eigenvalue weighted by Crippen LogP contribution is 2.34. The summed E-state index contributed by atoms with van der Waals surface area (Å²) in [5.41, 5.74) is -2.52. The van der Waals surface area contributed by atoms with Gasteiger partial charge in [0.05, 0.1) is 13.2 Å². The Morgan fingerprint density at radius 1 is 1.18 bits per heavy atom. The number of halogens is 2. The molecule has 1 aromatic carbocycles. The molecule has 22 heavy (non-hydrogen) atoms. The second-order valence-corrected chi connectivity index (χ2v) is 5.62. The topological polar surface area (TPSA) is 107 Å². The van der Waals surface area contributed by atoms with E-state index in [-0.39, 0.29) is 35.3 Å². The van der Waals surface area contributed by atoms with E-state index >= 15 is 0 Å². The van der Waals surface area contributed by atoms with E-state index < -0.39 is 23.8 Å². The molecule has 0 amide bonds. The number of rotatable bonds is 4. The number of morpholine rings is 1. The smallest absolute Gasteiger partial charge is 0.340 e. The minimum absolute atomic E-state index is 0.00221. The highest BCUT2D eigenvalue weighted by molar-refractivity contribution is 6.34. The van der Waals surface area contributed by atoms with Crippen molar-refractivity contribution in [2.45, 2.75) is 11.8 Å². The standard InChI is InChI=1S/C13H13Cl2NO6/c14-8-3-7(4-9(15)5-8)13(11(18)19,12(20)21)16-1-2-22-10(17)6-16/h3-5,10,17H,1-2,6H2,(H,18,19)(H,20,21). The predicted molar refractivity (Wildman–Crippen MR) is 76.9 cm³/mol. The number of hydrogen-bond acceptors (Lipinski definition) is 5. The van der Waals surface area contributed by atoms with E-state index in [4.69, 9.17) is 27.9 Å². The summed E-state index contributed by atoms with van der Waals surface area (Å²) < 4.78 is 4.92. The van der Waals surface area contributed by atoms with Gasteiger partial charge in [-0.05, 0) is 23.8 Å². The third kappa shape index (κ3) is 2.90. The van der Waals surface area contributed by atoms with Crippen LogP contribution in [-0.4, -0.2) is 58.1 Å². The minimum atomic E-state index is -2.42. The van der Waals surface area contributed by atoms with Gasteiger partial charge in [0.1, 0.15) is 0 Å².